The van der Waals surface area contributed by atoms with Crippen LogP contribution in [0.2, 0.25) is 0 Å². The zero-order valence-electron chi connectivity index (χ0n) is 11.4. The molecule has 0 fully saturated rings. The van der Waals surface area contributed by atoms with Crippen molar-refractivity contribution in [3.63, 3.8) is 0 Å². The molecule has 1 rings (SSSR count). The third-order valence-corrected chi connectivity index (χ3v) is 3.09. The van der Waals surface area contributed by atoms with Gasteiger partial charge in [0, 0.05) is 23.7 Å². The second-order valence-electron chi connectivity index (χ2n) is 4.36. The van der Waals surface area contributed by atoms with Crippen LogP contribution in [0.5, 0.6) is 5.88 Å². The molecule has 1 heterocycles. The van der Waals surface area contributed by atoms with Gasteiger partial charge in [0.2, 0.25) is 5.88 Å². The minimum Gasteiger partial charge on any atom is -0.481 e. The summed E-state index contributed by atoms with van der Waals surface area (Å²) in [6.45, 7) is 7.67. The third kappa shape index (κ3) is 4.00. The molecule has 1 aromatic heterocycles. The van der Waals surface area contributed by atoms with Gasteiger partial charge in [0.25, 0.3) is 0 Å². The van der Waals surface area contributed by atoms with Gasteiger partial charge in [-0.15, -0.1) is 0 Å². The van der Waals surface area contributed by atoms with Crippen LogP contribution in [0.25, 0.3) is 0 Å². The molecule has 3 nitrogen and oxygen atoms in total. The molecule has 17 heavy (non-hydrogen) atoms. The molecule has 0 aliphatic carbocycles. The Morgan fingerprint density at radius 3 is 2.71 bits per heavy atom. The van der Waals surface area contributed by atoms with E-state index < -0.39 is 0 Å². The number of nitrogens with zero attached hydrogens (tertiary/aromatic N) is 1. The first-order valence-corrected chi connectivity index (χ1v) is 6.47. The van der Waals surface area contributed by atoms with Crippen LogP contribution in [0.3, 0.4) is 0 Å². The Labute approximate surface area is 105 Å². The second kappa shape index (κ2) is 7.28. The number of aromatic nitrogens is 1. The van der Waals surface area contributed by atoms with E-state index in [0.717, 1.165) is 25.1 Å². The molecular weight excluding hydrogens is 212 g/mol. The average Bonchev–Trinajstić information content (AvgIpc) is 2.37. The maximum absolute atomic E-state index is 5.18. The molecule has 1 aromatic rings. The minimum absolute atomic E-state index is 0.441. The van der Waals surface area contributed by atoms with E-state index in [1.807, 2.05) is 12.1 Å². The zero-order chi connectivity index (χ0) is 12.7. The highest BCUT2D eigenvalue weighted by Gasteiger charge is 2.18. The maximum Gasteiger partial charge on any atom is 0.213 e. The quantitative estimate of drug-likeness (QED) is 0.790. The molecule has 2 unspecified atom stereocenters. The fraction of sp³-hybridized carbons (Fsp3) is 0.643. The summed E-state index contributed by atoms with van der Waals surface area (Å²) in [5, 5.41) is 3.54. The number of ether oxygens (including phenoxy) is 1. The van der Waals surface area contributed by atoms with Crippen LogP contribution in [-0.4, -0.2) is 24.7 Å². The minimum atomic E-state index is 0.441. The van der Waals surface area contributed by atoms with Gasteiger partial charge in [-0.05, 0) is 32.4 Å². The molecule has 0 saturated carbocycles. The van der Waals surface area contributed by atoms with E-state index in [-0.39, 0.29) is 0 Å². The van der Waals surface area contributed by atoms with Crippen LogP contribution < -0.4 is 10.1 Å². The summed E-state index contributed by atoms with van der Waals surface area (Å²) in [5.74, 6) is 1.14. The van der Waals surface area contributed by atoms with Crippen molar-refractivity contribution in [2.24, 2.45) is 0 Å². The van der Waals surface area contributed by atoms with E-state index >= 15 is 0 Å². The highest BCUT2D eigenvalue weighted by atomic mass is 16.5. The van der Waals surface area contributed by atoms with Crippen LogP contribution in [-0.2, 0) is 0 Å². The standard InChI is InChI=1S/C14H24N2O/c1-5-10-15-11(3)12(6-2)13-8-7-9-14(16-13)17-4/h7-9,11-12,15H,5-6,10H2,1-4H3. The van der Waals surface area contributed by atoms with E-state index in [2.05, 4.69) is 37.1 Å². The van der Waals surface area contributed by atoms with Crippen molar-refractivity contribution in [3.8, 4) is 5.88 Å². The van der Waals surface area contributed by atoms with Crippen LogP contribution in [0.4, 0.5) is 0 Å². The molecule has 0 spiro atoms. The van der Waals surface area contributed by atoms with Gasteiger partial charge in [0.1, 0.15) is 0 Å². The Morgan fingerprint density at radius 1 is 1.35 bits per heavy atom. The van der Waals surface area contributed by atoms with Crippen molar-refractivity contribution >= 4 is 0 Å². The molecule has 0 aliphatic heterocycles. The lowest BCUT2D eigenvalue weighted by molar-refractivity contribution is 0.388. The first-order valence-electron chi connectivity index (χ1n) is 6.47. The van der Waals surface area contributed by atoms with Gasteiger partial charge in [0.05, 0.1) is 7.11 Å². The van der Waals surface area contributed by atoms with Crippen molar-refractivity contribution < 1.29 is 4.74 Å². The largest absolute Gasteiger partial charge is 0.481 e. The van der Waals surface area contributed by atoms with Crippen molar-refractivity contribution in [2.45, 2.75) is 45.6 Å². The van der Waals surface area contributed by atoms with Gasteiger partial charge in [-0.2, -0.15) is 0 Å². The van der Waals surface area contributed by atoms with E-state index in [1.54, 1.807) is 7.11 Å². The van der Waals surface area contributed by atoms with Gasteiger partial charge in [-0.3, -0.25) is 0 Å². The van der Waals surface area contributed by atoms with Gasteiger partial charge in [-0.1, -0.05) is 19.9 Å². The van der Waals surface area contributed by atoms with Gasteiger partial charge >= 0.3 is 0 Å². The normalized spacial score (nSPS) is 14.4. The van der Waals surface area contributed by atoms with Crippen molar-refractivity contribution in [3.05, 3.63) is 23.9 Å². The maximum atomic E-state index is 5.18. The fourth-order valence-corrected chi connectivity index (χ4v) is 2.08. The smallest absolute Gasteiger partial charge is 0.213 e. The number of hydrogen-bond donors (Lipinski definition) is 1. The number of methoxy groups -OCH3 is 1. The molecule has 0 saturated heterocycles. The summed E-state index contributed by atoms with van der Waals surface area (Å²) in [6.07, 6.45) is 2.24. The summed E-state index contributed by atoms with van der Waals surface area (Å²) in [4.78, 5) is 4.53. The van der Waals surface area contributed by atoms with Gasteiger partial charge in [-0.25, -0.2) is 4.98 Å². The van der Waals surface area contributed by atoms with Crippen LogP contribution in [0.15, 0.2) is 18.2 Å². The predicted octanol–water partition coefficient (Wildman–Crippen LogP) is 2.97. The Hall–Kier alpha value is -1.09. The second-order valence-corrected chi connectivity index (χ2v) is 4.36. The third-order valence-electron chi connectivity index (χ3n) is 3.09. The number of nitrogens with one attached hydrogen (secondary N) is 1. The van der Waals surface area contributed by atoms with Crippen LogP contribution in [0, 0.1) is 0 Å². The lowest BCUT2D eigenvalue weighted by Gasteiger charge is -2.23. The van der Waals surface area contributed by atoms with Crippen molar-refractivity contribution in [1.82, 2.24) is 10.3 Å². The fourth-order valence-electron chi connectivity index (χ4n) is 2.08. The molecule has 0 aromatic carbocycles. The molecule has 2 atom stereocenters. The Kier molecular flexibility index (Phi) is 5.98. The van der Waals surface area contributed by atoms with Gasteiger partial charge in [0.15, 0.2) is 0 Å². The molecular formula is C14H24N2O. The molecule has 0 radical (unpaired) electrons. The Morgan fingerprint density at radius 2 is 2.12 bits per heavy atom. The summed E-state index contributed by atoms with van der Waals surface area (Å²) >= 11 is 0. The van der Waals surface area contributed by atoms with Crippen molar-refractivity contribution in [2.75, 3.05) is 13.7 Å². The van der Waals surface area contributed by atoms with E-state index in [0.29, 0.717) is 17.8 Å². The van der Waals surface area contributed by atoms with Gasteiger partial charge < -0.3 is 10.1 Å². The van der Waals surface area contributed by atoms with Crippen LogP contribution >= 0.6 is 0 Å². The summed E-state index contributed by atoms with van der Waals surface area (Å²) in [5.41, 5.74) is 1.11. The van der Waals surface area contributed by atoms with Crippen LogP contribution in [0.1, 0.15) is 45.2 Å². The van der Waals surface area contributed by atoms with E-state index in [1.165, 1.54) is 0 Å². The molecule has 0 bridgehead atoms. The van der Waals surface area contributed by atoms with Crippen molar-refractivity contribution in [1.29, 1.82) is 0 Å². The molecule has 1 N–H and O–H groups in total. The number of rotatable bonds is 7. The monoisotopic (exact) mass is 236 g/mol. The van der Waals surface area contributed by atoms with E-state index in [9.17, 15) is 0 Å². The highest BCUT2D eigenvalue weighted by Crippen LogP contribution is 2.23. The Bertz CT molecular complexity index is 328. The molecule has 0 amide bonds. The summed E-state index contributed by atoms with van der Waals surface area (Å²) < 4.78 is 5.18. The molecule has 3 heteroatoms. The average molecular weight is 236 g/mol. The number of pyridine rings is 1. The predicted molar refractivity (Wildman–Crippen MR) is 71.6 cm³/mol. The summed E-state index contributed by atoms with van der Waals surface area (Å²) in [7, 11) is 1.66. The first kappa shape index (κ1) is 14.0. The lowest BCUT2D eigenvalue weighted by Crippen LogP contribution is -2.32. The SMILES string of the molecule is CCCNC(C)C(CC)c1cccc(OC)n1. The summed E-state index contributed by atoms with van der Waals surface area (Å²) in [6, 6.07) is 6.43. The number of hydrogen-bond acceptors (Lipinski definition) is 3. The topological polar surface area (TPSA) is 34.1 Å². The molecule has 96 valence electrons. The lowest BCUT2D eigenvalue weighted by atomic mass is 9.94. The van der Waals surface area contributed by atoms with E-state index in [4.69, 9.17) is 4.74 Å². The first-order chi connectivity index (χ1) is 8.22. The molecule has 0 aliphatic rings. The zero-order valence-corrected chi connectivity index (χ0v) is 11.4. The Balaban J connectivity index is 2.77. The highest BCUT2D eigenvalue weighted by molar-refractivity contribution is 5.19.